The Morgan fingerprint density at radius 1 is 1.12 bits per heavy atom. The highest BCUT2D eigenvalue weighted by molar-refractivity contribution is 5.91. The minimum Gasteiger partial charge on any atom is -0.369 e. The lowest BCUT2D eigenvalue weighted by Crippen LogP contribution is -2.35. The number of pyridine rings is 1. The molecule has 1 aromatic carbocycles. The fraction of sp³-hybridized carbons (Fsp3) is 0.400. The number of anilines is 2. The Kier molecular flexibility index (Phi) is 4.65. The summed E-state index contributed by atoms with van der Waals surface area (Å²) in [7, 11) is 0. The summed E-state index contributed by atoms with van der Waals surface area (Å²) in [6.07, 6.45) is 6.00. The van der Waals surface area contributed by atoms with Crippen molar-refractivity contribution in [3.05, 3.63) is 54.2 Å². The SMILES string of the molecule is O=C(Cc1ccccc1)Nc1ccc(N2CCC3CCC(C2)N3)cn1. The van der Waals surface area contributed by atoms with Crippen molar-refractivity contribution in [2.45, 2.75) is 37.8 Å². The summed E-state index contributed by atoms with van der Waals surface area (Å²) in [5, 5.41) is 6.57. The van der Waals surface area contributed by atoms with Crippen LogP contribution in [0.15, 0.2) is 48.7 Å². The molecule has 2 fully saturated rings. The molecular weight excluding hydrogens is 312 g/mol. The van der Waals surface area contributed by atoms with Crippen molar-refractivity contribution >= 4 is 17.4 Å². The Morgan fingerprint density at radius 2 is 1.96 bits per heavy atom. The highest BCUT2D eigenvalue weighted by Gasteiger charge is 2.29. The van der Waals surface area contributed by atoms with E-state index in [2.05, 4.69) is 26.6 Å². The van der Waals surface area contributed by atoms with Crippen LogP contribution in [-0.2, 0) is 11.2 Å². The van der Waals surface area contributed by atoms with Gasteiger partial charge in [0.25, 0.3) is 0 Å². The average molecular weight is 336 g/mol. The third-order valence-electron chi connectivity index (χ3n) is 5.11. The second-order valence-electron chi connectivity index (χ2n) is 6.98. The Hall–Kier alpha value is -2.40. The van der Waals surface area contributed by atoms with E-state index in [1.807, 2.05) is 42.6 Å². The van der Waals surface area contributed by atoms with Gasteiger partial charge in [-0.2, -0.15) is 0 Å². The maximum absolute atomic E-state index is 12.1. The predicted molar refractivity (Wildman–Crippen MR) is 99.8 cm³/mol. The van der Waals surface area contributed by atoms with Crippen molar-refractivity contribution in [2.75, 3.05) is 23.3 Å². The average Bonchev–Trinajstić information content (AvgIpc) is 2.95. The molecule has 2 saturated heterocycles. The number of nitrogens with one attached hydrogen (secondary N) is 2. The van der Waals surface area contributed by atoms with Crippen molar-refractivity contribution in [1.82, 2.24) is 10.3 Å². The lowest BCUT2D eigenvalue weighted by Gasteiger charge is -2.26. The molecule has 1 aromatic heterocycles. The minimum atomic E-state index is -0.0391. The first kappa shape index (κ1) is 16.1. The highest BCUT2D eigenvalue weighted by atomic mass is 16.1. The number of nitrogens with zero attached hydrogens (tertiary/aromatic N) is 2. The van der Waals surface area contributed by atoms with Crippen molar-refractivity contribution in [1.29, 1.82) is 0 Å². The van der Waals surface area contributed by atoms with E-state index in [9.17, 15) is 4.79 Å². The van der Waals surface area contributed by atoms with Crippen LogP contribution in [-0.4, -0.2) is 36.1 Å². The highest BCUT2D eigenvalue weighted by Crippen LogP contribution is 2.24. The van der Waals surface area contributed by atoms with Gasteiger partial charge in [0.05, 0.1) is 18.3 Å². The molecule has 4 rings (SSSR count). The molecule has 3 heterocycles. The standard InChI is InChI=1S/C20H24N4O/c25-20(12-15-4-2-1-3-5-15)23-19-9-8-18(13-21-19)24-11-10-16-6-7-17(14-24)22-16/h1-5,8-9,13,16-17,22H,6-7,10-12,14H2,(H,21,23,25). The maximum Gasteiger partial charge on any atom is 0.229 e. The van der Waals surface area contributed by atoms with Crippen LogP contribution >= 0.6 is 0 Å². The molecule has 2 aromatic rings. The Balaban J connectivity index is 1.36. The number of aromatic nitrogens is 1. The normalized spacial score (nSPS) is 22.5. The molecule has 2 bridgehead atoms. The van der Waals surface area contributed by atoms with E-state index in [-0.39, 0.29) is 5.91 Å². The Morgan fingerprint density at radius 3 is 2.76 bits per heavy atom. The van der Waals surface area contributed by atoms with Crippen molar-refractivity contribution < 1.29 is 4.79 Å². The van der Waals surface area contributed by atoms with Gasteiger partial charge in [0, 0.05) is 25.2 Å². The summed E-state index contributed by atoms with van der Waals surface area (Å²) in [6.45, 7) is 2.10. The summed E-state index contributed by atoms with van der Waals surface area (Å²) in [5.41, 5.74) is 2.14. The van der Waals surface area contributed by atoms with E-state index in [0.717, 1.165) is 24.3 Å². The minimum absolute atomic E-state index is 0.0391. The van der Waals surface area contributed by atoms with Crippen molar-refractivity contribution in [2.24, 2.45) is 0 Å². The molecule has 2 atom stereocenters. The summed E-state index contributed by atoms with van der Waals surface area (Å²) >= 11 is 0. The first-order chi connectivity index (χ1) is 12.3. The van der Waals surface area contributed by atoms with Crippen LogP contribution in [0.25, 0.3) is 0 Å². The van der Waals surface area contributed by atoms with Crippen molar-refractivity contribution in [3.8, 4) is 0 Å². The van der Waals surface area contributed by atoms with Crippen LogP contribution < -0.4 is 15.5 Å². The van der Waals surface area contributed by atoms with Gasteiger partial charge in [-0.05, 0) is 37.0 Å². The fourth-order valence-electron chi connectivity index (χ4n) is 3.79. The second-order valence-corrected chi connectivity index (χ2v) is 6.98. The zero-order valence-corrected chi connectivity index (χ0v) is 14.3. The van der Waals surface area contributed by atoms with E-state index in [0.29, 0.717) is 24.3 Å². The largest absolute Gasteiger partial charge is 0.369 e. The number of carbonyl (C=O) groups excluding carboxylic acids is 1. The molecule has 2 N–H and O–H groups in total. The van der Waals surface area contributed by atoms with Gasteiger partial charge >= 0.3 is 0 Å². The fourth-order valence-corrected chi connectivity index (χ4v) is 3.79. The molecule has 2 unspecified atom stereocenters. The lowest BCUT2D eigenvalue weighted by molar-refractivity contribution is -0.115. The van der Waals surface area contributed by atoms with Crippen LogP contribution in [0.4, 0.5) is 11.5 Å². The van der Waals surface area contributed by atoms with Crippen LogP contribution in [0, 0.1) is 0 Å². The van der Waals surface area contributed by atoms with E-state index in [1.165, 1.54) is 19.3 Å². The smallest absolute Gasteiger partial charge is 0.229 e. The molecule has 2 aliphatic heterocycles. The van der Waals surface area contributed by atoms with Crippen LogP contribution in [0.3, 0.4) is 0 Å². The number of hydrogen-bond acceptors (Lipinski definition) is 4. The first-order valence-electron chi connectivity index (χ1n) is 9.07. The maximum atomic E-state index is 12.1. The third kappa shape index (κ3) is 3.99. The van der Waals surface area contributed by atoms with Gasteiger partial charge in [-0.3, -0.25) is 4.79 Å². The number of rotatable bonds is 4. The van der Waals surface area contributed by atoms with Gasteiger partial charge in [0.15, 0.2) is 0 Å². The molecule has 0 aliphatic carbocycles. The number of benzene rings is 1. The molecular formula is C20H24N4O. The van der Waals surface area contributed by atoms with Gasteiger partial charge < -0.3 is 15.5 Å². The summed E-state index contributed by atoms with van der Waals surface area (Å²) in [5.74, 6) is 0.571. The zero-order valence-electron chi connectivity index (χ0n) is 14.3. The number of fused-ring (bicyclic) bond motifs is 2. The number of amides is 1. The van der Waals surface area contributed by atoms with Gasteiger partial charge in [-0.1, -0.05) is 30.3 Å². The molecule has 2 aliphatic rings. The van der Waals surface area contributed by atoms with Gasteiger partial charge in [-0.15, -0.1) is 0 Å². The molecule has 0 spiro atoms. The third-order valence-corrected chi connectivity index (χ3v) is 5.11. The Bertz CT molecular complexity index is 716. The molecule has 5 heteroatoms. The molecule has 25 heavy (non-hydrogen) atoms. The number of hydrogen-bond donors (Lipinski definition) is 2. The topological polar surface area (TPSA) is 57.3 Å². The van der Waals surface area contributed by atoms with E-state index < -0.39 is 0 Å². The molecule has 0 saturated carbocycles. The van der Waals surface area contributed by atoms with Gasteiger partial charge in [-0.25, -0.2) is 4.98 Å². The lowest BCUT2D eigenvalue weighted by atomic mass is 10.1. The second kappa shape index (κ2) is 7.23. The van der Waals surface area contributed by atoms with Gasteiger partial charge in [0.1, 0.15) is 5.82 Å². The molecule has 130 valence electrons. The Labute approximate surface area is 148 Å². The molecule has 0 radical (unpaired) electrons. The zero-order chi connectivity index (χ0) is 17.1. The van der Waals surface area contributed by atoms with Crippen LogP contribution in [0.1, 0.15) is 24.8 Å². The molecule has 1 amide bonds. The van der Waals surface area contributed by atoms with Gasteiger partial charge in [0.2, 0.25) is 5.91 Å². The van der Waals surface area contributed by atoms with Crippen LogP contribution in [0.5, 0.6) is 0 Å². The predicted octanol–water partition coefficient (Wildman–Crippen LogP) is 2.59. The van der Waals surface area contributed by atoms with E-state index in [1.54, 1.807) is 0 Å². The number of carbonyl (C=O) groups is 1. The quantitative estimate of drug-likeness (QED) is 0.901. The van der Waals surface area contributed by atoms with Crippen molar-refractivity contribution in [3.63, 3.8) is 0 Å². The summed E-state index contributed by atoms with van der Waals surface area (Å²) in [4.78, 5) is 19.0. The summed E-state index contributed by atoms with van der Waals surface area (Å²) in [6, 6.07) is 15.0. The molecule has 5 nitrogen and oxygen atoms in total. The van der Waals surface area contributed by atoms with Crippen LogP contribution in [0.2, 0.25) is 0 Å². The van der Waals surface area contributed by atoms with E-state index >= 15 is 0 Å². The van der Waals surface area contributed by atoms with E-state index in [4.69, 9.17) is 0 Å². The first-order valence-corrected chi connectivity index (χ1v) is 9.07. The monoisotopic (exact) mass is 336 g/mol. The summed E-state index contributed by atoms with van der Waals surface area (Å²) < 4.78 is 0.